The minimum Gasteiger partial charge on any atom is -0.336 e. The van der Waals surface area contributed by atoms with Gasteiger partial charge in [0.25, 0.3) is 15.9 Å². The molecule has 1 aliphatic heterocycles. The third-order valence-electron chi connectivity index (χ3n) is 4.28. The lowest BCUT2D eigenvalue weighted by Crippen LogP contribution is -2.47. The maximum Gasteiger partial charge on any atom is 0.263 e. The molecule has 0 saturated carbocycles. The molecular formula is C18H20ClN3O3S. The molecule has 1 fully saturated rings. The van der Waals surface area contributed by atoms with Gasteiger partial charge in [-0.1, -0.05) is 29.8 Å². The molecule has 0 unspecified atom stereocenters. The summed E-state index contributed by atoms with van der Waals surface area (Å²) in [6.07, 6.45) is 0. The summed E-state index contributed by atoms with van der Waals surface area (Å²) in [5.41, 5.74) is 0.742. The predicted molar refractivity (Wildman–Crippen MR) is 102 cm³/mol. The van der Waals surface area contributed by atoms with Gasteiger partial charge < -0.3 is 9.80 Å². The third-order valence-corrected chi connectivity index (χ3v) is 6.15. The van der Waals surface area contributed by atoms with Crippen LogP contribution >= 0.6 is 11.6 Å². The highest BCUT2D eigenvalue weighted by Crippen LogP contribution is 2.25. The topological polar surface area (TPSA) is 69.7 Å². The first-order chi connectivity index (χ1) is 12.4. The number of para-hydroxylation sites is 1. The Hall–Kier alpha value is -2.09. The van der Waals surface area contributed by atoms with Crippen LogP contribution in [-0.2, 0) is 10.0 Å². The minimum atomic E-state index is -3.90. The van der Waals surface area contributed by atoms with E-state index >= 15 is 0 Å². The molecule has 0 atom stereocenters. The van der Waals surface area contributed by atoms with E-state index in [1.807, 2.05) is 7.05 Å². The zero-order chi connectivity index (χ0) is 18.7. The van der Waals surface area contributed by atoms with Gasteiger partial charge in [0.05, 0.1) is 5.02 Å². The van der Waals surface area contributed by atoms with Crippen molar-refractivity contribution < 1.29 is 13.2 Å². The number of nitrogens with one attached hydrogen (secondary N) is 1. The smallest absolute Gasteiger partial charge is 0.263 e. The van der Waals surface area contributed by atoms with Crippen molar-refractivity contribution in [2.75, 3.05) is 37.9 Å². The van der Waals surface area contributed by atoms with Crippen LogP contribution < -0.4 is 4.72 Å². The SMILES string of the molecule is CN1CCN(C(=O)c2ccc(Cl)c(S(=O)(=O)Nc3ccccc3)c2)CC1. The van der Waals surface area contributed by atoms with Gasteiger partial charge in [-0.25, -0.2) is 8.42 Å². The van der Waals surface area contributed by atoms with Crippen LogP contribution in [0, 0.1) is 0 Å². The van der Waals surface area contributed by atoms with E-state index in [-0.39, 0.29) is 15.8 Å². The zero-order valence-corrected chi connectivity index (χ0v) is 15.9. The summed E-state index contributed by atoms with van der Waals surface area (Å²) in [4.78, 5) is 16.5. The Labute approximate surface area is 158 Å². The molecule has 1 N–H and O–H groups in total. The van der Waals surface area contributed by atoms with Gasteiger partial charge in [-0.15, -0.1) is 0 Å². The van der Waals surface area contributed by atoms with Crippen LogP contribution in [0.1, 0.15) is 10.4 Å². The Kier molecular flexibility index (Phi) is 5.50. The minimum absolute atomic E-state index is 0.0726. The average molecular weight is 394 g/mol. The van der Waals surface area contributed by atoms with Crippen LogP contribution in [0.5, 0.6) is 0 Å². The number of rotatable bonds is 4. The molecular weight excluding hydrogens is 374 g/mol. The summed E-state index contributed by atoms with van der Waals surface area (Å²) < 4.78 is 27.9. The van der Waals surface area contributed by atoms with Gasteiger partial charge in [0.15, 0.2) is 0 Å². The van der Waals surface area contributed by atoms with Crippen molar-refractivity contribution in [3.63, 3.8) is 0 Å². The number of carbonyl (C=O) groups is 1. The van der Waals surface area contributed by atoms with Gasteiger partial charge >= 0.3 is 0 Å². The number of likely N-dealkylation sites (N-methyl/N-ethyl adjacent to an activating group) is 1. The first kappa shape index (κ1) is 18.7. The molecule has 8 heteroatoms. The number of benzene rings is 2. The fourth-order valence-corrected chi connectivity index (χ4v) is 4.34. The molecule has 1 amide bonds. The lowest BCUT2D eigenvalue weighted by Gasteiger charge is -2.32. The molecule has 6 nitrogen and oxygen atoms in total. The van der Waals surface area contributed by atoms with E-state index in [1.165, 1.54) is 12.1 Å². The third kappa shape index (κ3) is 4.17. The van der Waals surface area contributed by atoms with Crippen molar-refractivity contribution in [1.82, 2.24) is 9.80 Å². The summed E-state index contributed by atoms with van der Waals surface area (Å²) in [7, 11) is -1.90. The molecule has 3 rings (SSSR count). The Bertz CT molecular complexity index is 895. The highest BCUT2D eigenvalue weighted by atomic mass is 35.5. The van der Waals surface area contributed by atoms with Crippen molar-refractivity contribution in [2.45, 2.75) is 4.90 Å². The van der Waals surface area contributed by atoms with E-state index in [0.29, 0.717) is 24.3 Å². The van der Waals surface area contributed by atoms with Crippen LogP contribution in [0.25, 0.3) is 0 Å². The normalized spacial score (nSPS) is 15.7. The largest absolute Gasteiger partial charge is 0.336 e. The van der Waals surface area contributed by atoms with Crippen molar-refractivity contribution >= 4 is 33.2 Å². The molecule has 0 aliphatic carbocycles. The summed E-state index contributed by atoms with van der Waals surface area (Å²) >= 11 is 6.11. The number of anilines is 1. The number of hydrogen-bond donors (Lipinski definition) is 1. The molecule has 2 aromatic rings. The average Bonchev–Trinajstić information content (AvgIpc) is 2.62. The molecule has 1 aliphatic rings. The zero-order valence-electron chi connectivity index (χ0n) is 14.4. The number of nitrogens with zero attached hydrogens (tertiary/aromatic N) is 2. The molecule has 26 heavy (non-hydrogen) atoms. The van der Waals surface area contributed by atoms with E-state index < -0.39 is 10.0 Å². The molecule has 138 valence electrons. The van der Waals surface area contributed by atoms with E-state index in [9.17, 15) is 13.2 Å². The maximum absolute atomic E-state index is 12.7. The second-order valence-electron chi connectivity index (χ2n) is 6.21. The summed E-state index contributed by atoms with van der Waals surface area (Å²) in [6, 6.07) is 12.9. The van der Waals surface area contributed by atoms with Gasteiger partial charge in [-0.3, -0.25) is 9.52 Å². The van der Waals surface area contributed by atoms with Gasteiger partial charge in [0.1, 0.15) is 4.90 Å². The first-order valence-electron chi connectivity index (χ1n) is 8.22. The Morgan fingerprint density at radius 2 is 1.69 bits per heavy atom. The fourth-order valence-electron chi connectivity index (χ4n) is 2.75. The molecule has 1 saturated heterocycles. The van der Waals surface area contributed by atoms with E-state index in [1.54, 1.807) is 41.3 Å². The lowest BCUT2D eigenvalue weighted by atomic mass is 10.2. The fraction of sp³-hybridized carbons (Fsp3) is 0.278. The molecule has 0 radical (unpaired) electrons. The van der Waals surface area contributed by atoms with Gasteiger partial charge in [0, 0.05) is 37.4 Å². The Morgan fingerprint density at radius 3 is 2.35 bits per heavy atom. The standard InChI is InChI=1S/C18H20ClN3O3S/c1-21-9-11-22(12-10-21)18(23)14-7-8-16(19)17(13-14)26(24,25)20-15-5-3-2-4-6-15/h2-8,13,20H,9-12H2,1H3. The first-order valence-corrected chi connectivity index (χ1v) is 10.1. The van der Waals surface area contributed by atoms with Gasteiger partial charge in [0.2, 0.25) is 0 Å². The van der Waals surface area contributed by atoms with Crippen molar-refractivity contribution in [2.24, 2.45) is 0 Å². The van der Waals surface area contributed by atoms with E-state index in [2.05, 4.69) is 9.62 Å². The Balaban J connectivity index is 1.86. The molecule has 2 aromatic carbocycles. The number of sulfonamides is 1. The van der Waals surface area contributed by atoms with E-state index in [0.717, 1.165) is 13.1 Å². The van der Waals surface area contributed by atoms with Crippen LogP contribution in [0.3, 0.4) is 0 Å². The van der Waals surface area contributed by atoms with Crippen molar-refractivity contribution in [3.8, 4) is 0 Å². The quantitative estimate of drug-likeness (QED) is 0.866. The molecule has 0 spiro atoms. The Morgan fingerprint density at radius 1 is 1.04 bits per heavy atom. The number of amides is 1. The summed E-state index contributed by atoms with van der Waals surface area (Å²) in [5, 5.41) is 0.0726. The number of carbonyl (C=O) groups excluding carboxylic acids is 1. The molecule has 1 heterocycles. The van der Waals surface area contributed by atoms with Gasteiger partial charge in [-0.2, -0.15) is 0 Å². The predicted octanol–water partition coefficient (Wildman–Crippen LogP) is 2.53. The maximum atomic E-state index is 12.7. The van der Waals surface area contributed by atoms with E-state index in [4.69, 9.17) is 11.6 Å². The van der Waals surface area contributed by atoms with Crippen LogP contribution in [0.4, 0.5) is 5.69 Å². The number of hydrogen-bond acceptors (Lipinski definition) is 4. The van der Waals surface area contributed by atoms with Gasteiger partial charge in [-0.05, 0) is 37.4 Å². The lowest BCUT2D eigenvalue weighted by molar-refractivity contribution is 0.0664. The molecule has 0 aromatic heterocycles. The highest BCUT2D eigenvalue weighted by Gasteiger charge is 2.24. The van der Waals surface area contributed by atoms with Crippen molar-refractivity contribution in [1.29, 1.82) is 0 Å². The second-order valence-corrected chi connectivity index (χ2v) is 8.27. The monoisotopic (exact) mass is 393 g/mol. The number of halogens is 1. The summed E-state index contributed by atoms with van der Waals surface area (Å²) in [5.74, 6) is -0.189. The number of piperazine rings is 1. The highest BCUT2D eigenvalue weighted by molar-refractivity contribution is 7.92. The van der Waals surface area contributed by atoms with Crippen LogP contribution in [0.15, 0.2) is 53.4 Å². The van der Waals surface area contributed by atoms with Crippen molar-refractivity contribution in [3.05, 3.63) is 59.1 Å². The molecule has 0 bridgehead atoms. The van der Waals surface area contributed by atoms with Crippen LogP contribution in [0.2, 0.25) is 5.02 Å². The summed E-state index contributed by atoms with van der Waals surface area (Å²) in [6.45, 7) is 2.81. The second kappa shape index (κ2) is 7.65. The van der Waals surface area contributed by atoms with Crippen LogP contribution in [-0.4, -0.2) is 57.4 Å².